The number of rotatable bonds is 5. The Morgan fingerprint density at radius 3 is 2.90 bits per heavy atom. The SMILES string of the molecule is O=C1c2ccccc2C(Cc2c(Cl)cnn2C2CC2)N1Cc1ccc2[nH]nnc2c1. The van der Waals surface area contributed by atoms with Gasteiger partial charge in [0.1, 0.15) is 5.52 Å². The van der Waals surface area contributed by atoms with E-state index in [-0.39, 0.29) is 11.9 Å². The summed E-state index contributed by atoms with van der Waals surface area (Å²) in [6.45, 7) is 0.496. The molecule has 2 aliphatic rings. The zero-order valence-electron chi connectivity index (χ0n) is 16.1. The van der Waals surface area contributed by atoms with Crippen molar-refractivity contribution < 1.29 is 4.79 Å². The van der Waals surface area contributed by atoms with Crippen molar-refractivity contribution >= 4 is 28.5 Å². The Hall–Kier alpha value is -3.19. The molecule has 2 aromatic heterocycles. The molecule has 6 rings (SSSR count). The second-order valence-corrected chi connectivity index (χ2v) is 8.43. The van der Waals surface area contributed by atoms with E-state index in [0.717, 1.165) is 46.3 Å². The van der Waals surface area contributed by atoms with Crippen molar-refractivity contribution in [3.05, 3.63) is 76.1 Å². The second-order valence-electron chi connectivity index (χ2n) is 8.02. The van der Waals surface area contributed by atoms with Crippen LogP contribution in [0.1, 0.15) is 52.1 Å². The lowest BCUT2D eigenvalue weighted by Gasteiger charge is -2.26. The van der Waals surface area contributed by atoms with Crippen LogP contribution in [0.3, 0.4) is 0 Å². The van der Waals surface area contributed by atoms with Gasteiger partial charge in [0.15, 0.2) is 0 Å². The molecule has 1 fully saturated rings. The number of H-pyrrole nitrogens is 1. The Labute approximate surface area is 177 Å². The number of nitrogens with one attached hydrogen (secondary N) is 1. The van der Waals surface area contributed by atoms with E-state index < -0.39 is 0 Å². The maximum atomic E-state index is 13.3. The van der Waals surface area contributed by atoms with Gasteiger partial charge in [-0.25, -0.2) is 0 Å². The number of benzene rings is 2. The summed E-state index contributed by atoms with van der Waals surface area (Å²) >= 11 is 6.51. The Balaban J connectivity index is 1.38. The number of halogens is 1. The molecule has 1 atom stereocenters. The molecule has 0 spiro atoms. The summed E-state index contributed by atoms with van der Waals surface area (Å²) in [5.74, 6) is 0.0458. The Morgan fingerprint density at radius 2 is 2.03 bits per heavy atom. The van der Waals surface area contributed by atoms with Crippen LogP contribution >= 0.6 is 11.6 Å². The minimum atomic E-state index is -0.0894. The van der Waals surface area contributed by atoms with Gasteiger partial charge < -0.3 is 4.90 Å². The highest BCUT2D eigenvalue weighted by molar-refractivity contribution is 6.31. The first-order chi connectivity index (χ1) is 14.7. The lowest BCUT2D eigenvalue weighted by Crippen LogP contribution is -2.29. The zero-order chi connectivity index (χ0) is 20.2. The number of hydrogen-bond acceptors (Lipinski definition) is 4. The maximum Gasteiger partial charge on any atom is 0.255 e. The monoisotopic (exact) mass is 418 g/mol. The van der Waals surface area contributed by atoms with Gasteiger partial charge in [-0.05, 0) is 42.2 Å². The predicted molar refractivity (Wildman–Crippen MR) is 112 cm³/mol. The van der Waals surface area contributed by atoms with E-state index in [0.29, 0.717) is 24.0 Å². The molecule has 4 aromatic rings. The van der Waals surface area contributed by atoms with Gasteiger partial charge >= 0.3 is 0 Å². The van der Waals surface area contributed by atoms with Crippen LogP contribution in [-0.4, -0.2) is 36.0 Å². The third-order valence-corrected chi connectivity index (χ3v) is 6.37. The van der Waals surface area contributed by atoms with Crippen LogP contribution < -0.4 is 0 Å². The lowest BCUT2D eigenvalue weighted by molar-refractivity contribution is 0.0707. The standard InChI is InChI=1S/C22H19ClN6O/c23-17-11-24-29(14-6-7-14)21(17)10-20-15-3-1-2-4-16(15)22(30)28(20)12-13-5-8-18-19(9-13)26-27-25-18/h1-5,8-9,11,14,20H,6-7,10,12H2,(H,25,26,27). The number of carbonyl (C=O) groups is 1. The number of carbonyl (C=O) groups excluding carboxylic acids is 1. The van der Waals surface area contributed by atoms with Crippen LogP contribution in [0.25, 0.3) is 11.0 Å². The van der Waals surface area contributed by atoms with Crippen LogP contribution in [0.15, 0.2) is 48.7 Å². The fourth-order valence-corrected chi connectivity index (χ4v) is 4.61. The first-order valence-electron chi connectivity index (χ1n) is 10.1. The molecular weight excluding hydrogens is 400 g/mol. The molecule has 0 radical (unpaired) electrons. The quantitative estimate of drug-likeness (QED) is 0.529. The molecule has 7 nitrogen and oxygen atoms in total. The molecule has 0 bridgehead atoms. The van der Waals surface area contributed by atoms with Gasteiger partial charge in [0.25, 0.3) is 5.91 Å². The van der Waals surface area contributed by atoms with Gasteiger partial charge in [0.2, 0.25) is 0 Å². The van der Waals surface area contributed by atoms with Crippen molar-refractivity contribution in [2.75, 3.05) is 0 Å². The molecule has 1 unspecified atom stereocenters. The van der Waals surface area contributed by atoms with E-state index in [2.05, 4.69) is 20.5 Å². The van der Waals surface area contributed by atoms with Crippen molar-refractivity contribution in [2.24, 2.45) is 0 Å². The van der Waals surface area contributed by atoms with E-state index in [4.69, 9.17) is 11.6 Å². The van der Waals surface area contributed by atoms with Crippen molar-refractivity contribution in [1.29, 1.82) is 0 Å². The third kappa shape index (κ3) is 2.81. The highest BCUT2D eigenvalue weighted by atomic mass is 35.5. The molecule has 30 heavy (non-hydrogen) atoms. The van der Waals surface area contributed by atoms with Crippen molar-refractivity contribution in [2.45, 2.75) is 37.9 Å². The molecular formula is C22H19ClN6O. The van der Waals surface area contributed by atoms with Crippen molar-refractivity contribution in [3.63, 3.8) is 0 Å². The predicted octanol–water partition coefficient (Wildman–Crippen LogP) is 4.08. The van der Waals surface area contributed by atoms with E-state index in [1.54, 1.807) is 6.20 Å². The lowest BCUT2D eigenvalue weighted by atomic mass is 10.0. The first-order valence-corrected chi connectivity index (χ1v) is 10.5. The van der Waals surface area contributed by atoms with Crippen LogP contribution in [0.4, 0.5) is 0 Å². The van der Waals surface area contributed by atoms with Crippen molar-refractivity contribution in [1.82, 2.24) is 30.1 Å². The van der Waals surface area contributed by atoms with E-state index >= 15 is 0 Å². The molecule has 1 aliphatic heterocycles. The number of aromatic amines is 1. The fourth-order valence-electron chi connectivity index (χ4n) is 4.41. The molecule has 1 saturated carbocycles. The average molecular weight is 419 g/mol. The van der Waals surface area contributed by atoms with Gasteiger partial charge in [-0.3, -0.25) is 14.6 Å². The first kappa shape index (κ1) is 17.7. The minimum absolute atomic E-state index is 0.0458. The van der Waals surface area contributed by atoms with Gasteiger partial charge in [-0.1, -0.05) is 41.1 Å². The van der Waals surface area contributed by atoms with Crippen LogP contribution in [0.2, 0.25) is 5.02 Å². The molecule has 3 heterocycles. The smallest absolute Gasteiger partial charge is 0.255 e. The number of amides is 1. The van der Waals surface area contributed by atoms with Gasteiger partial charge in [-0.15, -0.1) is 5.10 Å². The normalized spacial score (nSPS) is 18.4. The summed E-state index contributed by atoms with van der Waals surface area (Å²) in [7, 11) is 0. The van der Waals surface area contributed by atoms with Gasteiger partial charge in [0.05, 0.1) is 34.5 Å². The summed E-state index contributed by atoms with van der Waals surface area (Å²) in [5.41, 5.74) is 5.51. The van der Waals surface area contributed by atoms with Gasteiger partial charge in [0, 0.05) is 18.5 Å². The summed E-state index contributed by atoms with van der Waals surface area (Å²) in [5, 5.41) is 16.0. The zero-order valence-corrected chi connectivity index (χ0v) is 16.9. The largest absolute Gasteiger partial charge is 0.327 e. The van der Waals surface area contributed by atoms with Crippen molar-refractivity contribution in [3.8, 4) is 0 Å². The third-order valence-electron chi connectivity index (χ3n) is 6.06. The fraction of sp³-hybridized carbons (Fsp3) is 0.273. The summed E-state index contributed by atoms with van der Waals surface area (Å²) in [6.07, 6.45) is 4.63. The van der Waals surface area contributed by atoms with E-state index in [1.165, 1.54) is 0 Å². The van der Waals surface area contributed by atoms with Gasteiger partial charge in [-0.2, -0.15) is 5.10 Å². The molecule has 1 amide bonds. The Kier molecular flexibility index (Phi) is 3.92. The van der Waals surface area contributed by atoms with E-state index in [1.807, 2.05) is 52.0 Å². The minimum Gasteiger partial charge on any atom is -0.327 e. The molecule has 1 aliphatic carbocycles. The second kappa shape index (κ2) is 6.67. The Morgan fingerprint density at radius 1 is 1.17 bits per heavy atom. The molecule has 1 N–H and O–H groups in total. The molecule has 8 heteroatoms. The highest BCUT2D eigenvalue weighted by Gasteiger charge is 2.38. The summed E-state index contributed by atoms with van der Waals surface area (Å²) in [6, 6.07) is 14.1. The van der Waals surface area contributed by atoms with Crippen LogP contribution in [0, 0.1) is 0 Å². The molecule has 150 valence electrons. The molecule has 2 aromatic carbocycles. The number of hydrogen-bond donors (Lipinski definition) is 1. The number of nitrogens with zero attached hydrogens (tertiary/aromatic N) is 5. The molecule has 0 saturated heterocycles. The average Bonchev–Trinajstić information content (AvgIpc) is 3.30. The summed E-state index contributed by atoms with van der Waals surface area (Å²) < 4.78 is 2.05. The highest BCUT2D eigenvalue weighted by Crippen LogP contribution is 2.41. The number of aromatic nitrogens is 5. The number of fused-ring (bicyclic) bond motifs is 2. The summed E-state index contributed by atoms with van der Waals surface area (Å²) in [4.78, 5) is 15.2. The van der Waals surface area contributed by atoms with Crippen LogP contribution in [0.5, 0.6) is 0 Å². The Bertz CT molecular complexity index is 1270. The van der Waals surface area contributed by atoms with Crippen LogP contribution in [-0.2, 0) is 13.0 Å². The van der Waals surface area contributed by atoms with E-state index in [9.17, 15) is 4.79 Å². The topological polar surface area (TPSA) is 79.7 Å². The maximum absolute atomic E-state index is 13.3.